The standard InChI is InChI=1S/C12H25N/c1-5-7-8-11-9-13(4)10-12(11,3)6-2/h11H,5-10H2,1-4H3/t11?,12-/m1/s1. The molecule has 1 fully saturated rings. The van der Waals surface area contributed by atoms with Gasteiger partial charge in [-0.1, -0.05) is 33.6 Å². The van der Waals surface area contributed by atoms with Crippen LogP contribution in [0.2, 0.25) is 0 Å². The summed E-state index contributed by atoms with van der Waals surface area (Å²) in [4.78, 5) is 2.50. The monoisotopic (exact) mass is 183 g/mol. The third-order valence-corrected chi connectivity index (χ3v) is 3.86. The summed E-state index contributed by atoms with van der Waals surface area (Å²) < 4.78 is 0. The van der Waals surface area contributed by atoms with Gasteiger partial charge in [-0.25, -0.2) is 0 Å². The van der Waals surface area contributed by atoms with Crippen molar-refractivity contribution in [2.24, 2.45) is 11.3 Å². The lowest BCUT2D eigenvalue weighted by Crippen LogP contribution is -2.25. The van der Waals surface area contributed by atoms with Crippen LogP contribution in [-0.2, 0) is 0 Å². The van der Waals surface area contributed by atoms with Gasteiger partial charge in [0.2, 0.25) is 0 Å². The van der Waals surface area contributed by atoms with Gasteiger partial charge in [-0.15, -0.1) is 0 Å². The van der Waals surface area contributed by atoms with E-state index in [0.717, 1.165) is 5.92 Å². The third kappa shape index (κ3) is 2.46. The highest BCUT2D eigenvalue weighted by molar-refractivity contribution is 4.91. The Kier molecular flexibility index (Phi) is 3.78. The zero-order chi connectivity index (χ0) is 9.90. The van der Waals surface area contributed by atoms with Gasteiger partial charge in [0.1, 0.15) is 0 Å². The van der Waals surface area contributed by atoms with Crippen molar-refractivity contribution in [2.45, 2.75) is 46.5 Å². The van der Waals surface area contributed by atoms with Crippen molar-refractivity contribution in [1.82, 2.24) is 4.90 Å². The van der Waals surface area contributed by atoms with E-state index in [-0.39, 0.29) is 0 Å². The van der Waals surface area contributed by atoms with Crippen LogP contribution in [0.15, 0.2) is 0 Å². The lowest BCUT2D eigenvalue weighted by molar-refractivity contribution is 0.225. The maximum Gasteiger partial charge on any atom is 0.00354 e. The molecule has 1 saturated heterocycles. The van der Waals surface area contributed by atoms with E-state index in [9.17, 15) is 0 Å². The molecule has 13 heavy (non-hydrogen) atoms. The fourth-order valence-electron chi connectivity index (χ4n) is 2.70. The van der Waals surface area contributed by atoms with Crippen LogP contribution < -0.4 is 0 Å². The molecule has 1 heterocycles. The summed E-state index contributed by atoms with van der Waals surface area (Å²) in [6, 6.07) is 0. The number of likely N-dealkylation sites (tertiary alicyclic amines) is 1. The Morgan fingerprint density at radius 1 is 1.38 bits per heavy atom. The molecule has 1 heteroatoms. The number of hydrogen-bond acceptors (Lipinski definition) is 1. The summed E-state index contributed by atoms with van der Waals surface area (Å²) in [5, 5.41) is 0. The molecule has 1 aliphatic rings. The first-order valence-corrected chi connectivity index (χ1v) is 5.81. The van der Waals surface area contributed by atoms with Crippen molar-refractivity contribution < 1.29 is 0 Å². The van der Waals surface area contributed by atoms with Gasteiger partial charge < -0.3 is 4.90 Å². The zero-order valence-electron chi connectivity index (χ0n) is 9.77. The first-order chi connectivity index (χ1) is 6.12. The molecule has 1 rings (SSSR count). The second-order valence-corrected chi connectivity index (χ2v) is 5.04. The fourth-order valence-corrected chi connectivity index (χ4v) is 2.70. The second kappa shape index (κ2) is 4.45. The minimum Gasteiger partial charge on any atom is -0.306 e. The molecule has 0 spiro atoms. The SMILES string of the molecule is CCCCC1CN(C)C[C@@]1(C)CC. The molecule has 0 amide bonds. The molecule has 1 unspecified atom stereocenters. The molecule has 1 aliphatic heterocycles. The van der Waals surface area contributed by atoms with Gasteiger partial charge in [-0.05, 0) is 31.2 Å². The molecule has 0 N–H and O–H groups in total. The molecule has 0 aromatic heterocycles. The molecule has 0 aromatic carbocycles. The Bertz CT molecular complexity index is 155. The summed E-state index contributed by atoms with van der Waals surface area (Å²) >= 11 is 0. The van der Waals surface area contributed by atoms with E-state index >= 15 is 0 Å². The highest BCUT2D eigenvalue weighted by Gasteiger charge is 2.39. The molecule has 0 bridgehead atoms. The lowest BCUT2D eigenvalue weighted by atomic mass is 9.75. The van der Waals surface area contributed by atoms with Crippen molar-refractivity contribution in [1.29, 1.82) is 0 Å². The van der Waals surface area contributed by atoms with Gasteiger partial charge >= 0.3 is 0 Å². The number of unbranched alkanes of at least 4 members (excludes halogenated alkanes) is 1. The minimum absolute atomic E-state index is 0.601. The first-order valence-electron chi connectivity index (χ1n) is 5.81. The van der Waals surface area contributed by atoms with Crippen LogP contribution in [0.3, 0.4) is 0 Å². The quantitative estimate of drug-likeness (QED) is 0.647. The van der Waals surface area contributed by atoms with Gasteiger partial charge in [0, 0.05) is 13.1 Å². The Morgan fingerprint density at radius 2 is 2.08 bits per heavy atom. The van der Waals surface area contributed by atoms with Gasteiger partial charge in [-0.3, -0.25) is 0 Å². The van der Waals surface area contributed by atoms with Crippen LogP contribution in [0.4, 0.5) is 0 Å². The molecule has 0 radical (unpaired) electrons. The Labute approximate surface area is 83.5 Å². The van der Waals surface area contributed by atoms with Gasteiger partial charge in [-0.2, -0.15) is 0 Å². The van der Waals surface area contributed by atoms with E-state index in [2.05, 4.69) is 32.7 Å². The van der Waals surface area contributed by atoms with Crippen molar-refractivity contribution in [3.63, 3.8) is 0 Å². The average Bonchev–Trinajstić information content (AvgIpc) is 2.39. The second-order valence-electron chi connectivity index (χ2n) is 5.04. The van der Waals surface area contributed by atoms with E-state index in [4.69, 9.17) is 0 Å². The Balaban J connectivity index is 2.50. The zero-order valence-corrected chi connectivity index (χ0v) is 9.77. The molecule has 0 saturated carbocycles. The molecule has 78 valence electrons. The average molecular weight is 183 g/mol. The lowest BCUT2D eigenvalue weighted by Gasteiger charge is -2.29. The van der Waals surface area contributed by atoms with Crippen molar-refractivity contribution in [2.75, 3.05) is 20.1 Å². The maximum atomic E-state index is 2.50. The van der Waals surface area contributed by atoms with Gasteiger partial charge in [0.15, 0.2) is 0 Å². The molecule has 1 nitrogen and oxygen atoms in total. The van der Waals surface area contributed by atoms with Crippen LogP contribution in [0.1, 0.15) is 46.5 Å². The first kappa shape index (κ1) is 11.0. The van der Waals surface area contributed by atoms with Crippen LogP contribution in [0, 0.1) is 11.3 Å². The van der Waals surface area contributed by atoms with Crippen LogP contribution in [0.25, 0.3) is 0 Å². The van der Waals surface area contributed by atoms with Crippen molar-refractivity contribution >= 4 is 0 Å². The number of hydrogen-bond donors (Lipinski definition) is 0. The van der Waals surface area contributed by atoms with E-state index in [1.807, 2.05) is 0 Å². The van der Waals surface area contributed by atoms with Gasteiger partial charge in [0.25, 0.3) is 0 Å². The molecular formula is C12H25N. The van der Waals surface area contributed by atoms with Crippen LogP contribution >= 0.6 is 0 Å². The number of nitrogens with zero attached hydrogens (tertiary/aromatic N) is 1. The van der Waals surface area contributed by atoms with E-state index < -0.39 is 0 Å². The third-order valence-electron chi connectivity index (χ3n) is 3.86. The van der Waals surface area contributed by atoms with Crippen LogP contribution in [-0.4, -0.2) is 25.0 Å². The van der Waals surface area contributed by atoms with Crippen molar-refractivity contribution in [3.05, 3.63) is 0 Å². The predicted octanol–water partition coefficient (Wildman–Crippen LogP) is 3.15. The van der Waals surface area contributed by atoms with E-state index in [1.54, 1.807) is 0 Å². The Morgan fingerprint density at radius 3 is 2.62 bits per heavy atom. The van der Waals surface area contributed by atoms with E-state index in [1.165, 1.54) is 38.8 Å². The van der Waals surface area contributed by atoms with Crippen LogP contribution in [0.5, 0.6) is 0 Å². The molecule has 2 atom stereocenters. The Hall–Kier alpha value is -0.0400. The minimum atomic E-state index is 0.601. The number of rotatable bonds is 4. The smallest absolute Gasteiger partial charge is 0.00354 e. The molecule has 0 aromatic rings. The topological polar surface area (TPSA) is 3.24 Å². The van der Waals surface area contributed by atoms with E-state index in [0.29, 0.717) is 5.41 Å². The summed E-state index contributed by atoms with van der Waals surface area (Å²) in [6.07, 6.45) is 5.53. The van der Waals surface area contributed by atoms with Crippen molar-refractivity contribution in [3.8, 4) is 0 Å². The summed E-state index contributed by atoms with van der Waals surface area (Å²) in [7, 11) is 2.26. The largest absolute Gasteiger partial charge is 0.306 e. The summed E-state index contributed by atoms with van der Waals surface area (Å²) in [6.45, 7) is 9.74. The fraction of sp³-hybridized carbons (Fsp3) is 1.00. The molecule has 0 aliphatic carbocycles. The highest BCUT2D eigenvalue weighted by Crippen LogP contribution is 2.40. The summed E-state index contributed by atoms with van der Waals surface area (Å²) in [5.41, 5.74) is 0.601. The summed E-state index contributed by atoms with van der Waals surface area (Å²) in [5.74, 6) is 0.947. The highest BCUT2D eigenvalue weighted by atomic mass is 15.1. The maximum absolute atomic E-state index is 2.50. The normalized spacial score (nSPS) is 35.5. The van der Waals surface area contributed by atoms with Gasteiger partial charge in [0.05, 0.1) is 0 Å². The molecular weight excluding hydrogens is 158 g/mol. The predicted molar refractivity (Wildman–Crippen MR) is 58.9 cm³/mol.